The molecule has 0 aliphatic carbocycles. The maximum absolute atomic E-state index is 4.44. The number of aromatic nitrogens is 2. The molecule has 1 N–H and O–H groups in total. The molecule has 80 valence electrons. The number of nitrogens with zero attached hydrogens (tertiary/aromatic N) is 2. The predicted molar refractivity (Wildman–Crippen MR) is 59.0 cm³/mol. The van der Waals surface area contributed by atoms with Gasteiger partial charge in [-0.15, -0.1) is 0 Å². The van der Waals surface area contributed by atoms with Gasteiger partial charge in [0.2, 0.25) is 0 Å². The van der Waals surface area contributed by atoms with E-state index in [4.69, 9.17) is 0 Å². The molecule has 0 aliphatic heterocycles. The second-order valence-electron chi connectivity index (χ2n) is 4.28. The molecule has 2 unspecified atom stereocenters. The van der Waals surface area contributed by atoms with Crippen molar-refractivity contribution >= 4 is 0 Å². The van der Waals surface area contributed by atoms with Crippen molar-refractivity contribution in [3.63, 3.8) is 0 Å². The Balaban J connectivity index is 2.81. The number of hydrogen-bond acceptors (Lipinski definition) is 2. The van der Waals surface area contributed by atoms with Crippen LogP contribution in [0.15, 0.2) is 12.3 Å². The van der Waals surface area contributed by atoms with Crippen molar-refractivity contribution in [1.82, 2.24) is 15.1 Å². The van der Waals surface area contributed by atoms with Crippen molar-refractivity contribution in [1.29, 1.82) is 0 Å². The third-order valence-electron chi connectivity index (χ3n) is 2.94. The average molecular weight is 195 g/mol. The van der Waals surface area contributed by atoms with Crippen LogP contribution in [0.3, 0.4) is 0 Å². The smallest absolute Gasteiger partial charge is 0.0796 e. The molecule has 0 saturated carbocycles. The van der Waals surface area contributed by atoms with Crippen LogP contribution >= 0.6 is 0 Å². The van der Waals surface area contributed by atoms with Gasteiger partial charge in [0.1, 0.15) is 0 Å². The lowest BCUT2D eigenvalue weighted by atomic mass is 9.88. The standard InChI is InChI=1S/C11H21N3/c1-8(2)9(3)11(12-4)10-6-7-14(5)13-10/h6-9,11-12H,1-5H3. The molecule has 1 aromatic rings. The van der Waals surface area contributed by atoms with E-state index < -0.39 is 0 Å². The molecule has 14 heavy (non-hydrogen) atoms. The Morgan fingerprint density at radius 3 is 2.36 bits per heavy atom. The van der Waals surface area contributed by atoms with Gasteiger partial charge >= 0.3 is 0 Å². The predicted octanol–water partition coefficient (Wildman–Crippen LogP) is 1.97. The topological polar surface area (TPSA) is 29.9 Å². The summed E-state index contributed by atoms with van der Waals surface area (Å²) in [5.74, 6) is 1.25. The number of hydrogen-bond donors (Lipinski definition) is 1. The van der Waals surface area contributed by atoms with Crippen LogP contribution in [0.4, 0.5) is 0 Å². The first-order chi connectivity index (χ1) is 6.56. The first kappa shape index (κ1) is 11.2. The molecule has 1 heterocycles. The lowest BCUT2D eigenvalue weighted by Gasteiger charge is -2.25. The number of rotatable bonds is 4. The molecule has 0 fully saturated rings. The van der Waals surface area contributed by atoms with E-state index in [1.807, 2.05) is 25.0 Å². The van der Waals surface area contributed by atoms with Gasteiger partial charge in [-0.3, -0.25) is 4.68 Å². The lowest BCUT2D eigenvalue weighted by Crippen LogP contribution is -2.27. The summed E-state index contributed by atoms with van der Waals surface area (Å²) in [6.07, 6.45) is 1.99. The van der Waals surface area contributed by atoms with E-state index in [1.165, 1.54) is 0 Å². The van der Waals surface area contributed by atoms with Crippen LogP contribution < -0.4 is 5.32 Å². The summed E-state index contributed by atoms with van der Waals surface area (Å²) < 4.78 is 1.85. The van der Waals surface area contributed by atoms with Gasteiger partial charge in [0.25, 0.3) is 0 Å². The van der Waals surface area contributed by atoms with Crippen molar-refractivity contribution in [2.24, 2.45) is 18.9 Å². The molecular weight excluding hydrogens is 174 g/mol. The Hall–Kier alpha value is -0.830. The van der Waals surface area contributed by atoms with E-state index >= 15 is 0 Å². The summed E-state index contributed by atoms with van der Waals surface area (Å²) in [5, 5.41) is 7.78. The van der Waals surface area contributed by atoms with Crippen LogP contribution in [-0.4, -0.2) is 16.8 Å². The molecule has 2 atom stereocenters. The largest absolute Gasteiger partial charge is 0.311 e. The molecule has 3 heteroatoms. The Morgan fingerprint density at radius 1 is 1.36 bits per heavy atom. The Bertz CT molecular complexity index is 278. The summed E-state index contributed by atoms with van der Waals surface area (Å²) >= 11 is 0. The SMILES string of the molecule is CNC(c1ccn(C)n1)C(C)C(C)C. The highest BCUT2D eigenvalue weighted by Gasteiger charge is 2.21. The first-order valence-corrected chi connectivity index (χ1v) is 5.23. The molecule has 1 rings (SSSR count). The molecule has 0 bridgehead atoms. The normalized spacial score (nSPS) is 15.9. The highest BCUT2D eigenvalue weighted by Crippen LogP contribution is 2.25. The molecule has 0 spiro atoms. The zero-order valence-corrected chi connectivity index (χ0v) is 9.78. The minimum absolute atomic E-state index is 0.358. The van der Waals surface area contributed by atoms with Gasteiger partial charge in [0.05, 0.1) is 11.7 Å². The maximum Gasteiger partial charge on any atom is 0.0796 e. The summed E-state index contributed by atoms with van der Waals surface area (Å²) in [7, 11) is 3.95. The second kappa shape index (κ2) is 4.60. The third-order valence-corrected chi connectivity index (χ3v) is 2.94. The minimum Gasteiger partial charge on any atom is -0.311 e. The molecule has 0 aliphatic rings. The highest BCUT2D eigenvalue weighted by atomic mass is 15.3. The summed E-state index contributed by atoms with van der Waals surface area (Å²) in [6.45, 7) is 6.76. The van der Waals surface area contributed by atoms with Crippen LogP contribution in [0.2, 0.25) is 0 Å². The average Bonchev–Trinajstić information content (AvgIpc) is 2.53. The molecule has 0 amide bonds. The van der Waals surface area contributed by atoms with Crippen molar-refractivity contribution in [2.75, 3.05) is 7.05 Å². The molecule has 0 saturated heterocycles. The molecule has 1 aromatic heterocycles. The Morgan fingerprint density at radius 2 is 2.00 bits per heavy atom. The van der Waals surface area contributed by atoms with Crippen molar-refractivity contribution < 1.29 is 0 Å². The molecule has 0 aromatic carbocycles. The van der Waals surface area contributed by atoms with E-state index in [9.17, 15) is 0 Å². The lowest BCUT2D eigenvalue weighted by molar-refractivity contribution is 0.311. The van der Waals surface area contributed by atoms with E-state index in [0.29, 0.717) is 17.9 Å². The van der Waals surface area contributed by atoms with E-state index in [-0.39, 0.29) is 0 Å². The number of aryl methyl sites for hydroxylation is 1. The molecular formula is C11H21N3. The maximum atomic E-state index is 4.44. The van der Waals surface area contributed by atoms with Gasteiger partial charge in [-0.1, -0.05) is 20.8 Å². The van der Waals surface area contributed by atoms with Gasteiger partial charge < -0.3 is 5.32 Å². The zero-order chi connectivity index (χ0) is 10.7. The van der Waals surface area contributed by atoms with Gasteiger partial charge in [0.15, 0.2) is 0 Å². The van der Waals surface area contributed by atoms with Crippen molar-refractivity contribution in [3.8, 4) is 0 Å². The van der Waals surface area contributed by atoms with Crippen LogP contribution in [0.1, 0.15) is 32.5 Å². The van der Waals surface area contributed by atoms with Crippen molar-refractivity contribution in [3.05, 3.63) is 18.0 Å². The van der Waals surface area contributed by atoms with Crippen LogP contribution in [0, 0.1) is 11.8 Å². The van der Waals surface area contributed by atoms with Crippen molar-refractivity contribution in [2.45, 2.75) is 26.8 Å². The van der Waals surface area contributed by atoms with Gasteiger partial charge in [-0.25, -0.2) is 0 Å². The highest BCUT2D eigenvalue weighted by molar-refractivity contribution is 5.06. The minimum atomic E-state index is 0.358. The van der Waals surface area contributed by atoms with Gasteiger partial charge in [-0.2, -0.15) is 5.10 Å². The summed E-state index contributed by atoms with van der Waals surface area (Å²) in [6, 6.07) is 2.44. The fraction of sp³-hybridized carbons (Fsp3) is 0.727. The zero-order valence-electron chi connectivity index (χ0n) is 9.78. The monoisotopic (exact) mass is 195 g/mol. The summed E-state index contributed by atoms with van der Waals surface area (Å²) in [4.78, 5) is 0. The van der Waals surface area contributed by atoms with Crippen LogP contribution in [-0.2, 0) is 7.05 Å². The second-order valence-corrected chi connectivity index (χ2v) is 4.28. The first-order valence-electron chi connectivity index (χ1n) is 5.23. The fourth-order valence-corrected chi connectivity index (χ4v) is 1.66. The van der Waals surface area contributed by atoms with E-state index in [1.54, 1.807) is 0 Å². The fourth-order valence-electron chi connectivity index (χ4n) is 1.66. The number of nitrogens with one attached hydrogen (secondary N) is 1. The molecule has 3 nitrogen and oxygen atoms in total. The molecule has 0 radical (unpaired) electrons. The van der Waals surface area contributed by atoms with Gasteiger partial charge in [0, 0.05) is 13.2 Å². The van der Waals surface area contributed by atoms with Crippen LogP contribution in [0.5, 0.6) is 0 Å². The Labute approximate surface area is 86.5 Å². The third kappa shape index (κ3) is 2.35. The van der Waals surface area contributed by atoms with Gasteiger partial charge in [-0.05, 0) is 24.9 Å². The quantitative estimate of drug-likeness (QED) is 0.796. The Kier molecular flexibility index (Phi) is 3.69. The van der Waals surface area contributed by atoms with E-state index in [2.05, 4.69) is 37.3 Å². The summed E-state index contributed by atoms with van der Waals surface area (Å²) in [5.41, 5.74) is 1.14. The van der Waals surface area contributed by atoms with Crippen LogP contribution in [0.25, 0.3) is 0 Å². The van der Waals surface area contributed by atoms with E-state index in [0.717, 1.165) is 5.69 Å².